The quantitative estimate of drug-likeness (QED) is 0.840. The van der Waals surface area contributed by atoms with Crippen molar-refractivity contribution >= 4 is 12.0 Å². The van der Waals surface area contributed by atoms with E-state index in [1.165, 1.54) is 12.0 Å². The number of aromatic nitrogens is 2. The number of ether oxygens (including phenoxy) is 1. The van der Waals surface area contributed by atoms with Crippen LogP contribution in [0, 0.1) is 0 Å². The summed E-state index contributed by atoms with van der Waals surface area (Å²) in [7, 11) is 1.34. The maximum atomic E-state index is 12.8. The molecule has 2 amide bonds. The number of hydrogen-bond acceptors (Lipinski definition) is 4. The van der Waals surface area contributed by atoms with Crippen LogP contribution in [0.25, 0.3) is 0 Å². The predicted octanol–water partition coefficient (Wildman–Crippen LogP) is 1.76. The lowest BCUT2D eigenvalue weighted by Gasteiger charge is -2.35. The Labute approximate surface area is 146 Å². The van der Waals surface area contributed by atoms with Gasteiger partial charge in [-0.15, -0.1) is 0 Å². The van der Waals surface area contributed by atoms with Gasteiger partial charge in [-0.1, -0.05) is 24.3 Å². The van der Waals surface area contributed by atoms with Crippen molar-refractivity contribution in [3.63, 3.8) is 0 Å². The van der Waals surface area contributed by atoms with Crippen LogP contribution in [0.3, 0.4) is 0 Å². The first kappa shape index (κ1) is 17.0. The minimum atomic E-state index is -0.648. The fourth-order valence-electron chi connectivity index (χ4n) is 3.15. The summed E-state index contributed by atoms with van der Waals surface area (Å²) in [5.41, 5.74) is 1.97. The normalized spacial score (nSPS) is 16.2. The number of aryl methyl sites for hydroxylation is 1. The molecule has 1 N–H and O–H groups in total. The number of carbonyl (C=O) groups excluding carboxylic acids is 2. The highest BCUT2D eigenvalue weighted by Gasteiger charge is 2.36. The van der Waals surface area contributed by atoms with E-state index in [-0.39, 0.29) is 5.91 Å². The molecule has 1 aromatic carbocycles. The molecule has 1 aliphatic rings. The monoisotopic (exact) mass is 342 g/mol. The van der Waals surface area contributed by atoms with E-state index in [4.69, 9.17) is 4.74 Å². The van der Waals surface area contributed by atoms with Gasteiger partial charge in [-0.2, -0.15) is 0 Å². The van der Waals surface area contributed by atoms with Crippen LogP contribution in [-0.4, -0.2) is 46.7 Å². The summed E-state index contributed by atoms with van der Waals surface area (Å²) < 4.78 is 6.82. The lowest BCUT2D eigenvalue weighted by atomic mass is 9.92. The molecule has 7 heteroatoms. The second-order valence-electron chi connectivity index (χ2n) is 5.96. The van der Waals surface area contributed by atoms with Crippen molar-refractivity contribution in [1.82, 2.24) is 19.8 Å². The maximum Gasteiger partial charge on any atom is 0.410 e. The number of hydrogen-bond donors (Lipinski definition) is 1. The van der Waals surface area contributed by atoms with Gasteiger partial charge in [0.1, 0.15) is 6.04 Å². The summed E-state index contributed by atoms with van der Waals surface area (Å²) >= 11 is 0. The van der Waals surface area contributed by atoms with Crippen LogP contribution in [0.1, 0.15) is 23.6 Å². The SMILES string of the molecule is COC(=O)N1CCc2ccccc2[C@H]1C(=O)NCCCn1ccnc1. The summed E-state index contributed by atoms with van der Waals surface area (Å²) in [6.45, 7) is 1.78. The van der Waals surface area contributed by atoms with Gasteiger partial charge >= 0.3 is 6.09 Å². The Hall–Kier alpha value is -2.83. The van der Waals surface area contributed by atoms with Crippen LogP contribution in [0.4, 0.5) is 4.79 Å². The molecule has 0 saturated heterocycles. The molecule has 0 saturated carbocycles. The first-order valence-corrected chi connectivity index (χ1v) is 8.36. The molecular weight excluding hydrogens is 320 g/mol. The third kappa shape index (κ3) is 3.81. The third-order valence-corrected chi connectivity index (χ3v) is 4.39. The molecule has 1 atom stereocenters. The van der Waals surface area contributed by atoms with Gasteiger partial charge in [0.05, 0.1) is 13.4 Å². The minimum absolute atomic E-state index is 0.178. The lowest BCUT2D eigenvalue weighted by molar-refractivity contribution is -0.126. The average Bonchev–Trinajstić information content (AvgIpc) is 3.17. The molecule has 0 spiro atoms. The molecule has 0 unspecified atom stereocenters. The van der Waals surface area contributed by atoms with Gasteiger partial charge in [0.2, 0.25) is 5.91 Å². The number of methoxy groups -OCH3 is 1. The number of benzene rings is 1. The van der Waals surface area contributed by atoms with E-state index >= 15 is 0 Å². The van der Waals surface area contributed by atoms with Crippen molar-refractivity contribution in [3.05, 3.63) is 54.1 Å². The molecule has 0 radical (unpaired) electrons. The van der Waals surface area contributed by atoms with E-state index < -0.39 is 12.1 Å². The first-order chi connectivity index (χ1) is 12.2. The fraction of sp³-hybridized carbons (Fsp3) is 0.389. The number of fused-ring (bicyclic) bond motifs is 1. The highest BCUT2D eigenvalue weighted by molar-refractivity contribution is 5.87. The second kappa shape index (κ2) is 7.83. The standard InChI is InChI=1S/C18H22N4O3/c1-25-18(24)22-11-7-14-5-2-3-6-15(14)16(22)17(23)20-8-4-10-21-12-9-19-13-21/h2-3,5-6,9,12-13,16H,4,7-8,10-11H2,1H3,(H,20,23)/t16-/m0/s1. The van der Waals surface area contributed by atoms with Crippen molar-refractivity contribution in [3.8, 4) is 0 Å². The Morgan fingerprint density at radius 1 is 1.36 bits per heavy atom. The van der Waals surface area contributed by atoms with Gasteiger partial charge < -0.3 is 14.6 Å². The molecule has 2 heterocycles. The summed E-state index contributed by atoms with van der Waals surface area (Å²) in [6, 6.07) is 7.10. The smallest absolute Gasteiger partial charge is 0.410 e. The molecule has 132 valence electrons. The lowest BCUT2D eigenvalue weighted by Crippen LogP contribution is -2.47. The number of amides is 2. The number of nitrogens with zero attached hydrogens (tertiary/aromatic N) is 3. The van der Waals surface area contributed by atoms with Crippen molar-refractivity contribution in [2.75, 3.05) is 20.2 Å². The maximum absolute atomic E-state index is 12.8. The zero-order chi connectivity index (χ0) is 17.6. The van der Waals surface area contributed by atoms with Crippen molar-refractivity contribution < 1.29 is 14.3 Å². The van der Waals surface area contributed by atoms with E-state index in [1.807, 2.05) is 35.0 Å². The summed E-state index contributed by atoms with van der Waals surface area (Å²) in [4.78, 5) is 30.3. The average molecular weight is 342 g/mol. The van der Waals surface area contributed by atoms with E-state index in [1.54, 1.807) is 12.5 Å². The van der Waals surface area contributed by atoms with Gasteiger partial charge in [0.25, 0.3) is 0 Å². The molecule has 25 heavy (non-hydrogen) atoms. The van der Waals surface area contributed by atoms with Crippen LogP contribution in [0.2, 0.25) is 0 Å². The topological polar surface area (TPSA) is 76.5 Å². The van der Waals surface area contributed by atoms with Crippen molar-refractivity contribution in [2.24, 2.45) is 0 Å². The van der Waals surface area contributed by atoms with Gasteiger partial charge in [0.15, 0.2) is 0 Å². The van der Waals surface area contributed by atoms with Crippen molar-refractivity contribution in [2.45, 2.75) is 25.4 Å². The molecular formula is C18H22N4O3. The van der Waals surface area contributed by atoms with Gasteiger partial charge in [0, 0.05) is 32.0 Å². The Kier molecular flexibility index (Phi) is 5.33. The number of imidazole rings is 1. The molecule has 2 aromatic rings. The van der Waals surface area contributed by atoms with E-state index in [0.29, 0.717) is 13.1 Å². The Bertz CT molecular complexity index is 730. The molecule has 1 aromatic heterocycles. The fourth-order valence-corrected chi connectivity index (χ4v) is 3.15. The number of nitrogens with one attached hydrogen (secondary N) is 1. The van der Waals surface area contributed by atoms with Gasteiger partial charge in [-0.25, -0.2) is 9.78 Å². The van der Waals surface area contributed by atoms with Gasteiger partial charge in [-0.05, 0) is 24.0 Å². The number of carbonyl (C=O) groups is 2. The highest BCUT2D eigenvalue weighted by atomic mass is 16.5. The predicted molar refractivity (Wildman–Crippen MR) is 91.9 cm³/mol. The molecule has 0 aliphatic carbocycles. The Morgan fingerprint density at radius 3 is 2.96 bits per heavy atom. The van der Waals surface area contributed by atoms with E-state index in [9.17, 15) is 9.59 Å². The van der Waals surface area contributed by atoms with Crippen molar-refractivity contribution in [1.29, 1.82) is 0 Å². The zero-order valence-corrected chi connectivity index (χ0v) is 14.2. The van der Waals surface area contributed by atoms with E-state index in [2.05, 4.69) is 10.3 Å². The summed E-state index contributed by atoms with van der Waals surface area (Å²) in [6.07, 6.45) is 6.39. The molecule has 7 nitrogen and oxygen atoms in total. The molecule has 0 fully saturated rings. The van der Waals surface area contributed by atoms with Crippen LogP contribution >= 0.6 is 0 Å². The van der Waals surface area contributed by atoms with Gasteiger partial charge in [-0.3, -0.25) is 9.69 Å². The Morgan fingerprint density at radius 2 is 2.20 bits per heavy atom. The largest absolute Gasteiger partial charge is 0.453 e. The number of rotatable bonds is 5. The molecule has 0 bridgehead atoms. The van der Waals surface area contributed by atoms with Crippen LogP contribution in [0.15, 0.2) is 43.0 Å². The zero-order valence-electron chi connectivity index (χ0n) is 14.2. The third-order valence-electron chi connectivity index (χ3n) is 4.39. The first-order valence-electron chi connectivity index (χ1n) is 8.36. The molecule has 3 rings (SSSR count). The molecule has 1 aliphatic heterocycles. The Balaban J connectivity index is 1.67. The van der Waals surface area contributed by atoms with E-state index in [0.717, 1.165) is 30.5 Å². The minimum Gasteiger partial charge on any atom is -0.453 e. The summed E-state index contributed by atoms with van der Waals surface area (Å²) in [5, 5.41) is 2.94. The second-order valence-corrected chi connectivity index (χ2v) is 5.96. The van der Waals surface area contributed by atoms with Crippen LogP contribution in [0.5, 0.6) is 0 Å². The van der Waals surface area contributed by atoms with Crippen LogP contribution in [-0.2, 0) is 22.5 Å². The van der Waals surface area contributed by atoms with Crippen LogP contribution < -0.4 is 5.32 Å². The highest BCUT2D eigenvalue weighted by Crippen LogP contribution is 2.30. The summed E-state index contributed by atoms with van der Waals surface area (Å²) in [5.74, 6) is -0.178.